The Bertz CT molecular complexity index is 707. The van der Waals surface area contributed by atoms with E-state index in [9.17, 15) is 0 Å². The average molecular weight is 290 g/mol. The molecule has 2 aromatic heterocycles. The number of rotatable bonds is 2. The number of hydrogen-bond acceptors (Lipinski definition) is 4. The molecule has 0 radical (unpaired) electrons. The lowest BCUT2D eigenvalue weighted by Gasteiger charge is -1.93. The van der Waals surface area contributed by atoms with Gasteiger partial charge in [-0.05, 0) is 0 Å². The molecule has 0 aliphatic carbocycles. The van der Waals surface area contributed by atoms with Crippen LogP contribution in [0.3, 0.4) is 0 Å². The minimum Gasteiger partial charge on any atom is -0.266 e. The first-order valence-electron chi connectivity index (χ1n) is 6.77. The van der Waals surface area contributed by atoms with Crippen LogP contribution in [0.1, 0.15) is 0 Å². The summed E-state index contributed by atoms with van der Waals surface area (Å²) in [4.78, 5) is 4.48. The SMILES string of the molecule is c1c[nH]nn1.c1ccc(-c2n[nH]c(-c3ccccc3)n2)cc1. The average Bonchev–Trinajstić information content (AvgIpc) is 3.31. The molecule has 2 aromatic carbocycles. The molecule has 0 fully saturated rings. The van der Waals surface area contributed by atoms with Gasteiger partial charge >= 0.3 is 0 Å². The Morgan fingerprint density at radius 1 is 0.773 bits per heavy atom. The van der Waals surface area contributed by atoms with Crippen molar-refractivity contribution in [1.29, 1.82) is 0 Å². The first-order chi connectivity index (χ1) is 10.9. The molecule has 6 nitrogen and oxygen atoms in total. The molecule has 2 heterocycles. The molecule has 4 rings (SSSR count). The third kappa shape index (κ3) is 3.43. The highest BCUT2D eigenvalue weighted by Crippen LogP contribution is 2.18. The highest BCUT2D eigenvalue weighted by atomic mass is 15.3. The highest BCUT2D eigenvalue weighted by molar-refractivity contribution is 5.60. The number of aromatic amines is 2. The third-order valence-electron chi connectivity index (χ3n) is 2.90. The largest absolute Gasteiger partial charge is 0.266 e. The van der Waals surface area contributed by atoms with E-state index in [0.29, 0.717) is 0 Å². The van der Waals surface area contributed by atoms with Gasteiger partial charge in [0.2, 0.25) is 0 Å². The second-order valence-electron chi connectivity index (χ2n) is 4.40. The van der Waals surface area contributed by atoms with Gasteiger partial charge in [-0.15, -0.1) is 5.10 Å². The lowest BCUT2D eigenvalue weighted by molar-refractivity contribution is 0.940. The van der Waals surface area contributed by atoms with Gasteiger partial charge in [0, 0.05) is 17.3 Å². The molecule has 0 saturated carbocycles. The van der Waals surface area contributed by atoms with Crippen LogP contribution in [-0.4, -0.2) is 30.6 Å². The molecule has 4 aromatic rings. The van der Waals surface area contributed by atoms with Gasteiger partial charge in [-0.1, -0.05) is 65.9 Å². The number of nitrogens with one attached hydrogen (secondary N) is 2. The summed E-state index contributed by atoms with van der Waals surface area (Å²) < 4.78 is 0. The van der Waals surface area contributed by atoms with E-state index in [-0.39, 0.29) is 0 Å². The fraction of sp³-hybridized carbons (Fsp3) is 0. The van der Waals surface area contributed by atoms with Crippen molar-refractivity contribution < 1.29 is 0 Å². The number of H-pyrrole nitrogens is 2. The van der Waals surface area contributed by atoms with Crippen LogP contribution in [0.4, 0.5) is 0 Å². The zero-order valence-corrected chi connectivity index (χ0v) is 11.7. The Balaban J connectivity index is 0.000000246. The molecule has 6 heteroatoms. The maximum atomic E-state index is 4.48. The van der Waals surface area contributed by atoms with E-state index in [1.165, 1.54) is 0 Å². The van der Waals surface area contributed by atoms with E-state index in [4.69, 9.17) is 0 Å². The van der Waals surface area contributed by atoms with Crippen LogP contribution in [0.15, 0.2) is 73.1 Å². The first kappa shape index (κ1) is 13.7. The molecule has 22 heavy (non-hydrogen) atoms. The van der Waals surface area contributed by atoms with Crippen molar-refractivity contribution in [3.05, 3.63) is 73.1 Å². The second kappa shape index (κ2) is 6.94. The number of aromatic nitrogens is 6. The Morgan fingerprint density at radius 3 is 2.00 bits per heavy atom. The van der Waals surface area contributed by atoms with E-state index >= 15 is 0 Å². The summed E-state index contributed by atoms with van der Waals surface area (Å²) in [6.45, 7) is 0. The van der Waals surface area contributed by atoms with Crippen molar-refractivity contribution in [2.24, 2.45) is 0 Å². The monoisotopic (exact) mass is 290 g/mol. The van der Waals surface area contributed by atoms with Gasteiger partial charge in [-0.2, -0.15) is 5.10 Å². The molecule has 0 atom stereocenters. The van der Waals surface area contributed by atoms with Crippen molar-refractivity contribution in [3.8, 4) is 22.8 Å². The molecule has 0 aliphatic heterocycles. The summed E-state index contributed by atoms with van der Waals surface area (Å²) in [6.07, 6.45) is 3.24. The zero-order chi connectivity index (χ0) is 15.0. The summed E-state index contributed by atoms with van der Waals surface area (Å²) in [5.74, 6) is 1.52. The minimum absolute atomic E-state index is 0.726. The van der Waals surface area contributed by atoms with Crippen LogP contribution in [0.5, 0.6) is 0 Å². The Labute approximate surface area is 127 Å². The number of benzene rings is 2. The third-order valence-corrected chi connectivity index (χ3v) is 2.90. The fourth-order valence-corrected chi connectivity index (χ4v) is 1.87. The number of nitrogens with zero attached hydrogens (tertiary/aromatic N) is 4. The van der Waals surface area contributed by atoms with Crippen LogP contribution in [-0.2, 0) is 0 Å². The van der Waals surface area contributed by atoms with Crippen LogP contribution in [0, 0.1) is 0 Å². The predicted octanol–water partition coefficient (Wildman–Crippen LogP) is 2.94. The molecular weight excluding hydrogens is 276 g/mol. The van der Waals surface area contributed by atoms with Gasteiger partial charge in [0.05, 0.1) is 6.20 Å². The van der Waals surface area contributed by atoms with E-state index in [1.807, 2.05) is 60.7 Å². The molecule has 0 bridgehead atoms. The van der Waals surface area contributed by atoms with Crippen molar-refractivity contribution in [1.82, 2.24) is 30.6 Å². The van der Waals surface area contributed by atoms with Gasteiger partial charge in [-0.25, -0.2) is 4.98 Å². The van der Waals surface area contributed by atoms with Crippen LogP contribution < -0.4 is 0 Å². The molecular formula is C16H14N6. The van der Waals surface area contributed by atoms with E-state index < -0.39 is 0 Å². The lowest BCUT2D eigenvalue weighted by Crippen LogP contribution is -1.80. The predicted molar refractivity (Wildman–Crippen MR) is 83.6 cm³/mol. The van der Waals surface area contributed by atoms with Crippen LogP contribution in [0.2, 0.25) is 0 Å². The Kier molecular flexibility index (Phi) is 4.32. The summed E-state index contributed by atoms with van der Waals surface area (Å²) in [5, 5.41) is 16.5. The number of hydrogen-bond donors (Lipinski definition) is 2. The van der Waals surface area contributed by atoms with Crippen molar-refractivity contribution in [2.45, 2.75) is 0 Å². The Morgan fingerprint density at radius 2 is 1.45 bits per heavy atom. The van der Waals surface area contributed by atoms with Gasteiger partial charge in [0.15, 0.2) is 11.6 Å². The van der Waals surface area contributed by atoms with Gasteiger partial charge in [0.1, 0.15) is 0 Å². The summed E-state index contributed by atoms with van der Waals surface area (Å²) in [7, 11) is 0. The molecule has 0 spiro atoms. The molecule has 0 aliphatic rings. The molecule has 0 amide bonds. The topological polar surface area (TPSA) is 83.1 Å². The van der Waals surface area contributed by atoms with E-state index in [0.717, 1.165) is 22.8 Å². The summed E-state index contributed by atoms with van der Waals surface area (Å²) in [5.41, 5.74) is 2.06. The quantitative estimate of drug-likeness (QED) is 0.594. The van der Waals surface area contributed by atoms with Crippen molar-refractivity contribution in [3.63, 3.8) is 0 Å². The normalized spacial score (nSPS) is 9.82. The van der Waals surface area contributed by atoms with Crippen molar-refractivity contribution >= 4 is 0 Å². The van der Waals surface area contributed by atoms with E-state index in [1.54, 1.807) is 12.4 Å². The second-order valence-corrected chi connectivity index (χ2v) is 4.40. The first-order valence-corrected chi connectivity index (χ1v) is 6.77. The van der Waals surface area contributed by atoms with Gasteiger partial charge < -0.3 is 0 Å². The lowest BCUT2D eigenvalue weighted by atomic mass is 10.2. The molecule has 0 saturated heterocycles. The van der Waals surface area contributed by atoms with Crippen molar-refractivity contribution in [2.75, 3.05) is 0 Å². The Hall–Kier alpha value is -3.28. The van der Waals surface area contributed by atoms with Gasteiger partial charge in [0.25, 0.3) is 0 Å². The smallest absolute Gasteiger partial charge is 0.181 e. The standard InChI is InChI=1S/C14H11N3.C2H3N3/c1-3-7-11(8-4-1)13-15-14(17-16-13)12-9-5-2-6-10-12;1-2-4-5-3-1/h1-10H,(H,15,16,17);1-2H,(H,3,4,5). The fourth-order valence-electron chi connectivity index (χ4n) is 1.87. The molecule has 2 N–H and O–H groups in total. The maximum Gasteiger partial charge on any atom is 0.181 e. The van der Waals surface area contributed by atoms with Crippen LogP contribution >= 0.6 is 0 Å². The summed E-state index contributed by atoms with van der Waals surface area (Å²) in [6, 6.07) is 19.9. The highest BCUT2D eigenvalue weighted by Gasteiger charge is 2.06. The van der Waals surface area contributed by atoms with Crippen LogP contribution in [0.25, 0.3) is 22.8 Å². The molecule has 0 unspecified atom stereocenters. The summed E-state index contributed by atoms with van der Waals surface area (Å²) >= 11 is 0. The molecule has 108 valence electrons. The van der Waals surface area contributed by atoms with Gasteiger partial charge in [-0.3, -0.25) is 10.2 Å². The van der Waals surface area contributed by atoms with E-state index in [2.05, 4.69) is 30.6 Å². The maximum absolute atomic E-state index is 4.48. The zero-order valence-electron chi connectivity index (χ0n) is 11.7. The minimum atomic E-state index is 0.726.